The molecule has 1 aromatic rings. The van der Waals surface area contributed by atoms with E-state index in [9.17, 15) is 0 Å². The molecule has 24 heavy (non-hydrogen) atoms. The first kappa shape index (κ1) is 22.0. The predicted molar refractivity (Wildman–Crippen MR) is 119 cm³/mol. The standard InChI is InChI=1S/C17H30N4S2.HI/c1-4-18-16(20-13-17(3)9-7-11-23-17)19-10-6-5-8-15-21-14(2)12-22-15;/h12H,4-11,13H2,1-3H3,(H2,18,19,20);1H. The summed E-state index contributed by atoms with van der Waals surface area (Å²) in [6.45, 7) is 9.31. The number of guanidine groups is 1. The zero-order chi connectivity index (χ0) is 16.5. The number of thiazole rings is 1. The Morgan fingerprint density at radius 1 is 1.38 bits per heavy atom. The van der Waals surface area contributed by atoms with Crippen LogP contribution in [0.25, 0.3) is 0 Å². The van der Waals surface area contributed by atoms with E-state index >= 15 is 0 Å². The fourth-order valence-corrected chi connectivity index (χ4v) is 4.72. The van der Waals surface area contributed by atoms with E-state index in [0.717, 1.165) is 44.1 Å². The first-order valence-corrected chi connectivity index (χ1v) is 10.5. The summed E-state index contributed by atoms with van der Waals surface area (Å²) >= 11 is 3.84. The maximum atomic E-state index is 4.79. The van der Waals surface area contributed by atoms with Crippen molar-refractivity contribution in [2.75, 3.05) is 25.4 Å². The molecule has 0 aromatic carbocycles. The molecule has 1 unspecified atom stereocenters. The first-order chi connectivity index (χ1) is 11.1. The molecule has 1 aliphatic rings. The van der Waals surface area contributed by atoms with E-state index < -0.39 is 0 Å². The maximum Gasteiger partial charge on any atom is 0.191 e. The Balaban J connectivity index is 0.00000288. The van der Waals surface area contributed by atoms with E-state index in [-0.39, 0.29) is 24.0 Å². The van der Waals surface area contributed by atoms with Gasteiger partial charge in [-0.1, -0.05) is 0 Å². The third kappa shape index (κ3) is 7.91. The normalized spacial score (nSPS) is 20.7. The van der Waals surface area contributed by atoms with Gasteiger partial charge >= 0.3 is 0 Å². The van der Waals surface area contributed by atoms with Crippen LogP contribution in [0.1, 0.15) is 50.2 Å². The molecular weight excluding hydrogens is 451 g/mol. The van der Waals surface area contributed by atoms with Crippen LogP contribution in [0.15, 0.2) is 10.4 Å². The van der Waals surface area contributed by atoms with Gasteiger partial charge in [-0.3, -0.25) is 4.99 Å². The number of hydrogen-bond acceptors (Lipinski definition) is 4. The number of thioether (sulfide) groups is 1. The van der Waals surface area contributed by atoms with Crippen molar-refractivity contribution in [1.29, 1.82) is 0 Å². The largest absolute Gasteiger partial charge is 0.357 e. The summed E-state index contributed by atoms with van der Waals surface area (Å²) in [5.41, 5.74) is 1.14. The summed E-state index contributed by atoms with van der Waals surface area (Å²) in [5.74, 6) is 2.25. The van der Waals surface area contributed by atoms with Crippen molar-refractivity contribution in [3.05, 3.63) is 16.1 Å². The third-order valence-corrected chi connectivity index (χ3v) is 6.54. The van der Waals surface area contributed by atoms with Crippen LogP contribution in [0.4, 0.5) is 0 Å². The van der Waals surface area contributed by atoms with Gasteiger partial charge in [0.05, 0.1) is 11.6 Å². The smallest absolute Gasteiger partial charge is 0.191 e. The Labute approximate surface area is 172 Å². The first-order valence-electron chi connectivity index (χ1n) is 8.68. The molecule has 2 heterocycles. The van der Waals surface area contributed by atoms with E-state index in [2.05, 4.69) is 53.5 Å². The number of aliphatic imine (C=N–C) groups is 1. The Morgan fingerprint density at radius 3 is 2.83 bits per heavy atom. The summed E-state index contributed by atoms with van der Waals surface area (Å²) < 4.78 is 0.338. The summed E-state index contributed by atoms with van der Waals surface area (Å²) in [6, 6.07) is 0. The number of rotatable bonds is 8. The molecule has 0 aliphatic carbocycles. The number of aromatic nitrogens is 1. The van der Waals surface area contributed by atoms with Crippen molar-refractivity contribution in [3.63, 3.8) is 0 Å². The van der Waals surface area contributed by atoms with Crippen LogP contribution in [0, 0.1) is 6.92 Å². The van der Waals surface area contributed by atoms with Gasteiger partial charge in [0.2, 0.25) is 0 Å². The van der Waals surface area contributed by atoms with E-state index in [1.54, 1.807) is 11.3 Å². The summed E-state index contributed by atoms with van der Waals surface area (Å²) in [4.78, 5) is 9.30. The fourth-order valence-electron chi connectivity index (χ4n) is 2.68. The molecule has 0 bridgehead atoms. The third-order valence-electron chi connectivity index (χ3n) is 3.99. The van der Waals surface area contributed by atoms with Gasteiger partial charge in [0.1, 0.15) is 0 Å². The van der Waals surface area contributed by atoms with Crippen molar-refractivity contribution in [2.24, 2.45) is 4.99 Å². The molecule has 1 atom stereocenters. The monoisotopic (exact) mass is 482 g/mol. The highest BCUT2D eigenvalue weighted by atomic mass is 127. The number of halogens is 1. The lowest BCUT2D eigenvalue weighted by Gasteiger charge is -2.21. The molecule has 0 saturated carbocycles. The highest BCUT2D eigenvalue weighted by Crippen LogP contribution is 2.37. The van der Waals surface area contributed by atoms with E-state index in [1.165, 1.54) is 30.0 Å². The van der Waals surface area contributed by atoms with Crippen LogP contribution in [-0.4, -0.2) is 41.1 Å². The molecule has 4 nitrogen and oxygen atoms in total. The number of unbranched alkanes of at least 4 members (excludes halogenated alkanes) is 1. The summed E-state index contributed by atoms with van der Waals surface area (Å²) in [6.07, 6.45) is 6.02. The lowest BCUT2D eigenvalue weighted by atomic mass is 10.1. The zero-order valence-electron chi connectivity index (χ0n) is 15.1. The summed E-state index contributed by atoms with van der Waals surface area (Å²) in [5, 5.41) is 10.2. The number of hydrogen-bond donors (Lipinski definition) is 2. The second kappa shape index (κ2) is 11.6. The van der Waals surface area contributed by atoms with E-state index in [0.29, 0.717) is 4.75 Å². The SMILES string of the molecule is CCNC(=NCC1(C)CCCS1)NCCCCc1nc(C)cs1.I. The molecule has 0 spiro atoms. The Bertz CT molecular complexity index is 499. The van der Waals surface area contributed by atoms with Gasteiger partial charge < -0.3 is 10.6 Å². The van der Waals surface area contributed by atoms with E-state index in [1.807, 2.05) is 0 Å². The van der Waals surface area contributed by atoms with Gasteiger partial charge in [-0.15, -0.1) is 35.3 Å². The van der Waals surface area contributed by atoms with Crippen LogP contribution >= 0.6 is 47.1 Å². The maximum absolute atomic E-state index is 4.79. The predicted octanol–water partition coefficient (Wildman–Crippen LogP) is 4.23. The van der Waals surface area contributed by atoms with Gasteiger partial charge in [-0.2, -0.15) is 11.8 Å². The van der Waals surface area contributed by atoms with Crippen molar-refractivity contribution >= 4 is 53.0 Å². The molecule has 1 aliphatic heterocycles. The van der Waals surface area contributed by atoms with Crippen LogP contribution in [0.2, 0.25) is 0 Å². The molecule has 1 aromatic heterocycles. The lowest BCUT2D eigenvalue weighted by molar-refractivity contribution is 0.613. The van der Waals surface area contributed by atoms with Gasteiger partial charge in [-0.25, -0.2) is 4.98 Å². The van der Waals surface area contributed by atoms with Gasteiger partial charge in [0, 0.05) is 28.9 Å². The van der Waals surface area contributed by atoms with Crippen molar-refractivity contribution in [1.82, 2.24) is 15.6 Å². The minimum absolute atomic E-state index is 0. The van der Waals surface area contributed by atoms with Crippen LogP contribution < -0.4 is 10.6 Å². The second-order valence-electron chi connectivity index (χ2n) is 6.36. The van der Waals surface area contributed by atoms with Crippen LogP contribution in [0.5, 0.6) is 0 Å². The number of aryl methyl sites for hydroxylation is 2. The Morgan fingerprint density at radius 2 is 2.21 bits per heavy atom. The molecule has 1 fully saturated rings. The minimum atomic E-state index is 0. The highest BCUT2D eigenvalue weighted by Gasteiger charge is 2.29. The molecule has 7 heteroatoms. The van der Waals surface area contributed by atoms with Crippen LogP contribution in [0.3, 0.4) is 0 Å². The number of nitrogens with zero attached hydrogens (tertiary/aromatic N) is 2. The molecule has 138 valence electrons. The van der Waals surface area contributed by atoms with Gasteiger partial charge in [0.15, 0.2) is 5.96 Å². The molecule has 1 saturated heterocycles. The zero-order valence-corrected chi connectivity index (χ0v) is 19.0. The quantitative estimate of drug-likeness (QED) is 0.252. The second-order valence-corrected chi connectivity index (χ2v) is 8.99. The molecule has 2 rings (SSSR count). The topological polar surface area (TPSA) is 49.3 Å². The Kier molecular flexibility index (Phi) is 10.6. The van der Waals surface area contributed by atoms with Gasteiger partial charge in [-0.05, 0) is 58.6 Å². The highest BCUT2D eigenvalue weighted by molar-refractivity contribution is 14.0. The minimum Gasteiger partial charge on any atom is -0.357 e. The van der Waals surface area contributed by atoms with Crippen molar-refractivity contribution in [2.45, 2.75) is 57.6 Å². The lowest BCUT2D eigenvalue weighted by Crippen LogP contribution is -2.39. The summed E-state index contributed by atoms with van der Waals surface area (Å²) in [7, 11) is 0. The van der Waals surface area contributed by atoms with Crippen molar-refractivity contribution < 1.29 is 0 Å². The molecular formula is C17H31IN4S2. The molecule has 0 radical (unpaired) electrons. The fraction of sp³-hybridized carbons (Fsp3) is 0.765. The van der Waals surface area contributed by atoms with Crippen molar-refractivity contribution in [3.8, 4) is 0 Å². The average Bonchev–Trinajstić information content (AvgIpc) is 3.14. The molecule has 2 N–H and O–H groups in total. The molecule has 0 amide bonds. The van der Waals surface area contributed by atoms with Gasteiger partial charge in [0.25, 0.3) is 0 Å². The Hall–Kier alpha value is -0.0200. The number of nitrogens with one attached hydrogen (secondary N) is 2. The average molecular weight is 483 g/mol. The van der Waals surface area contributed by atoms with Crippen LogP contribution in [-0.2, 0) is 6.42 Å². The van der Waals surface area contributed by atoms with E-state index in [4.69, 9.17) is 4.99 Å².